The smallest absolute Gasteiger partial charge is 0.230 e. The van der Waals surface area contributed by atoms with Gasteiger partial charge in [-0.05, 0) is 31.5 Å². The highest BCUT2D eigenvalue weighted by molar-refractivity contribution is 7.80. The standard InChI is InChI=1S/C12H15ClN2OS/c1-7(11(14)17)12(16)15-8(2)9-4-3-5-10(13)6-9/h3-8H,1-2H3,(H2,14,17)(H,15,16). The van der Waals surface area contributed by atoms with E-state index in [9.17, 15) is 4.79 Å². The summed E-state index contributed by atoms with van der Waals surface area (Å²) < 4.78 is 0. The van der Waals surface area contributed by atoms with Crippen LogP contribution in [0.1, 0.15) is 25.5 Å². The molecule has 2 atom stereocenters. The minimum Gasteiger partial charge on any atom is -0.393 e. The predicted molar refractivity (Wildman–Crippen MR) is 74.0 cm³/mol. The van der Waals surface area contributed by atoms with Gasteiger partial charge in [0.2, 0.25) is 5.91 Å². The molecule has 92 valence electrons. The maximum Gasteiger partial charge on any atom is 0.230 e. The van der Waals surface area contributed by atoms with E-state index in [0.717, 1.165) is 5.56 Å². The van der Waals surface area contributed by atoms with E-state index in [1.54, 1.807) is 13.0 Å². The first kappa shape index (κ1) is 13.9. The number of rotatable bonds is 4. The Balaban J connectivity index is 2.70. The molecule has 1 amide bonds. The van der Waals surface area contributed by atoms with Gasteiger partial charge in [-0.2, -0.15) is 0 Å². The van der Waals surface area contributed by atoms with E-state index in [4.69, 9.17) is 29.6 Å². The zero-order chi connectivity index (χ0) is 13.0. The van der Waals surface area contributed by atoms with Crippen molar-refractivity contribution in [3.05, 3.63) is 34.9 Å². The summed E-state index contributed by atoms with van der Waals surface area (Å²) >= 11 is 10.7. The van der Waals surface area contributed by atoms with Crippen LogP contribution in [-0.4, -0.2) is 10.9 Å². The molecule has 0 aromatic heterocycles. The van der Waals surface area contributed by atoms with Crippen molar-refractivity contribution in [1.29, 1.82) is 0 Å². The molecule has 2 unspecified atom stereocenters. The third kappa shape index (κ3) is 3.98. The fourth-order valence-corrected chi connectivity index (χ4v) is 1.63. The Labute approximate surface area is 111 Å². The van der Waals surface area contributed by atoms with Gasteiger partial charge in [0.1, 0.15) is 0 Å². The van der Waals surface area contributed by atoms with Crippen LogP contribution in [0.5, 0.6) is 0 Å². The van der Waals surface area contributed by atoms with Crippen molar-refractivity contribution in [2.75, 3.05) is 0 Å². The number of carbonyl (C=O) groups is 1. The van der Waals surface area contributed by atoms with Crippen molar-refractivity contribution < 1.29 is 4.79 Å². The average molecular weight is 271 g/mol. The third-order valence-corrected chi connectivity index (χ3v) is 3.12. The van der Waals surface area contributed by atoms with Crippen LogP contribution in [-0.2, 0) is 4.79 Å². The highest BCUT2D eigenvalue weighted by atomic mass is 35.5. The Morgan fingerprint density at radius 1 is 1.47 bits per heavy atom. The van der Waals surface area contributed by atoms with E-state index in [1.807, 2.05) is 25.1 Å². The van der Waals surface area contributed by atoms with Gasteiger partial charge in [0, 0.05) is 5.02 Å². The second-order valence-electron chi connectivity index (χ2n) is 3.91. The van der Waals surface area contributed by atoms with Crippen LogP contribution in [0.4, 0.5) is 0 Å². The SMILES string of the molecule is CC(C(=O)NC(C)c1cccc(Cl)c1)C(N)=S. The first-order chi connectivity index (χ1) is 7.91. The molecule has 0 bridgehead atoms. The molecule has 1 aromatic rings. The van der Waals surface area contributed by atoms with Gasteiger partial charge in [-0.25, -0.2) is 0 Å². The Morgan fingerprint density at radius 3 is 2.65 bits per heavy atom. The summed E-state index contributed by atoms with van der Waals surface area (Å²) in [5.74, 6) is -0.642. The minimum atomic E-state index is -0.466. The number of hydrogen-bond donors (Lipinski definition) is 2. The lowest BCUT2D eigenvalue weighted by atomic mass is 10.1. The fourth-order valence-electron chi connectivity index (χ4n) is 1.33. The van der Waals surface area contributed by atoms with Crippen LogP contribution in [0.3, 0.4) is 0 Å². The quantitative estimate of drug-likeness (QED) is 0.827. The van der Waals surface area contributed by atoms with Crippen LogP contribution < -0.4 is 11.1 Å². The summed E-state index contributed by atoms with van der Waals surface area (Å²) in [6, 6.07) is 7.23. The number of hydrogen-bond acceptors (Lipinski definition) is 2. The van der Waals surface area contributed by atoms with Crippen LogP contribution in [0.2, 0.25) is 5.02 Å². The third-order valence-electron chi connectivity index (χ3n) is 2.53. The van der Waals surface area contributed by atoms with Crippen molar-refractivity contribution in [2.24, 2.45) is 11.7 Å². The molecule has 3 nitrogen and oxygen atoms in total. The number of nitrogens with two attached hydrogens (primary N) is 1. The van der Waals surface area contributed by atoms with E-state index in [0.29, 0.717) is 5.02 Å². The number of nitrogens with one attached hydrogen (secondary N) is 1. The Morgan fingerprint density at radius 2 is 2.12 bits per heavy atom. The molecule has 0 aliphatic carbocycles. The van der Waals surface area contributed by atoms with E-state index in [1.165, 1.54) is 0 Å². The van der Waals surface area contributed by atoms with Gasteiger partial charge < -0.3 is 11.1 Å². The summed E-state index contributed by atoms with van der Waals surface area (Å²) in [4.78, 5) is 11.9. The van der Waals surface area contributed by atoms with E-state index >= 15 is 0 Å². The van der Waals surface area contributed by atoms with Gasteiger partial charge in [-0.3, -0.25) is 4.79 Å². The highest BCUT2D eigenvalue weighted by Gasteiger charge is 2.18. The first-order valence-electron chi connectivity index (χ1n) is 5.27. The Bertz CT molecular complexity index is 436. The Kier molecular flexibility index (Phi) is 4.90. The zero-order valence-electron chi connectivity index (χ0n) is 9.74. The largest absolute Gasteiger partial charge is 0.393 e. The fraction of sp³-hybridized carbons (Fsp3) is 0.333. The van der Waals surface area contributed by atoms with Crippen molar-refractivity contribution >= 4 is 34.7 Å². The van der Waals surface area contributed by atoms with Gasteiger partial charge >= 0.3 is 0 Å². The van der Waals surface area contributed by atoms with Gasteiger partial charge in [0.05, 0.1) is 16.9 Å². The maximum atomic E-state index is 11.7. The zero-order valence-corrected chi connectivity index (χ0v) is 11.3. The molecule has 0 fully saturated rings. The molecule has 0 saturated carbocycles. The molecule has 0 heterocycles. The lowest BCUT2D eigenvalue weighted by molar-refractivity contribution is -0.123. The molecular weight excluding hydrogens is 256 g/mol. The molecule has 0 saturated heterocycles. The Hall–Kier alpha value is -1.13. The molecule has 0 radical (unpaired) electrons. The molecule has 0 aliphatic heterocycles. The second-order valence-corrected chi connectivity index (χ2v) is 4.82. The van der Waals surface area contributed by atoms with Crippen molar-refractivity contribution in [1.82, 2.24) is 5.32 Å². The van der Waals surface area contributed by atoms with Crippen molar-refractivity contribution in [3.63, 3.8) is 0 Å². The summed E-state index contributed by atoms with van der Waals surface area (Å²) in [5.41, 5.74) is 6.37. The number of thiocarbonyl (C=S) groups is 1. The summed E-state index contributed by atoms with van der Waals surface area (Å²) in [6.07, 6.45) is 0. The number of halogens is 1. The first-order valence-corrected chi connectivity index (χ1v) is 6.05. The topological polar surface area (TPSA) is 55.1 Å². The number of benzene rings is 1. The molecule has 17 heavy (non-hydrogen) atoms. The van der Waals surface area contributed by atoms with Crippen molar-refractivity contribution in [3.8, 4) is 0 Å². The highest BCUT2D eigenvalue weighted by Crippen LogP contribution is 2.17. The lowest BCUT2D eigenvalue weighted by Gasteiger charge is -2.17. The van der Waals surface area contributed by atoms with E-state index < -0.39 is 5.92 Å². The summed E-state index contributed by atoms with van der Waals surface area (Å²) in [5, 5.41) is 3.48. The number of carbonyl (C=O) groups excluding carboxylic acids is 1. The van der Waals surface area contributed by atoms with Gasteiger partial charge in [-0.15, -0.1) is 0 Å². The maximum absolute atomic E-state index is 11.7. The lowest BCUT2D eigenvalue weighted by Crippen LogP contribution is -2.37. The predicted octanol–water partition coefficient (Wildman–Crippen LogP) is 2.44. The molecular formula is C12H15ClN2OS. The summed E-state index contributed by atoms with van der Waals surface area (Å²) in [6.45, 7) is 3.57. The summed E-state index contributed by atoms with van der Waals surface area (Å²) in [7, 11) is 0. The molecule has 3 N–H and O–H groups in total. The number of amides is 1. The second kappa shape index (κ2) is 5.98. The minimum absolute atomic E-state index is 0.127. The average Bonchev–Trinajstić information content (AvgIpc) is 2.27. The van der Waals surface area contributed by atoms with E-state index in [-0.39, 0.29) is 16.9 Å². The van der Waals surface area contributed by atoms with Crippen LogP contribution >= 0.6 is 23.8 Å². The van der Waals surface area contributed by atoms with E-state index in [2.05, 4.69) is 5.32 Å². The van der Waals surface area contributed by atoms with Gasteiger partial charge in [0.15, 0.2) is 0 Å². The van der Waals surface area contributed by atoms with Crippen LogP contribution in [0, 0.1) is 5.92 Å². The molecule has 5 heteroatoms. The van der Waals surface area contributed by atoms with Gasteiger partial charge in [-0.1, -0.05) is 36.0 Å². The molecule has 1 rings (SSSR count). The molecule has 0 spiro atoms. The van der Waals surface area contributed by atoms with Crippen LogP contribution in [0.25, 0.3) is 0 Å². The van der Waals surface area contributed by atoms with Gasteiger partial charge in [0.25, 0.3) is 0 Å². The van der Waals surface area contributed by atoms with Crippen LogP contribution in [0.15, 0.2) is 24.3 Å². The normalized spacial score (nSPS) is 13.8. The monoisotopic (exact) mass is 270 g/mol. The molecule has 0 aliphatic rings. The van der Waals surface area contributed by atoms with Crippen molar-refractivity contribution in [2.45, 2.75) is 19.9 Å². The molecule has 1 aromatic carbocycles.